The molecule has 262 valence electrons. The molecule has 0 aromatic heterocycles. The number of fused-ring (bicyclic) bond motifs is 2. The maximum Gasteiger partial charge on any atom is 4.00 e. The topological polar surface area (TPSA) is 61.2 Å². The van der Waals surface area contributed by atoms with Crippen LogP contribution in [-0.2, 0) is 30.9 Å². The summed E-state index contributed by atoms with van der Waals surface area (Å²) in [6.45, 7) is 11.6. The number of hydrogen-bond acceptors (Lipinski definition) is 6. The average Bonchev–Trinajstić information content (AvgIpc) is 3.83. The minimum atomic E-state index is -3.40. The van der Waals surface area contributed by atoms with Gasteiger partial charge < -0.3 is 24.9 Å². The molecule has 0 unspecified atom stereocenters. The van der Waals surface area contributed by atoms with Gasteiger partial charge in [-0.1, -0.05) is 90.1 Å². The van der Waals surface area contributed by atoms with Gasteiger partial charge in [0.2, 0.25) is 9.84 Å². The molecule has 4 aromatic carbocycles. The summed E-state index contributed by atoms with van der Waals surface area (Å²) in [4.78, 5) is 6.40. The van der Waals surface area contributed by atoms with Gasteiger partial charge >= 0.3 is 21.1 Å². The number of benzene rings is 4. The predicted molar refractivity (Wildman–Crippen MR) is 201 cm³/mol. The van der Waals surface area contributed by atoms with Gasteiger partial charge in [-0.25, -0.2) is 8.42 Å². The van der Waals surface area contributed by atoms with Gasteiger partial charge in [0.25, 0.3) is 0 Å². The van der Waals surface area contributed by atoms with E-state index in [0.29, 0.717) is 28.7 Å². The van der Waals surface area contributed by atoms with Crippen LogP contribution in [0.5, 0.6) is 0 Å². The summed E-state index contributed by atoms with van der Waals surface area (Å²) < 4.78 is 71.2. The summed E-state index contributed by atoms with van der Waals surface area (Å²) in [5.41, 5.74) is 8.21. The summed E-state index contributed by atoms with van der Waals surface area (Å²) in [6.07, 6.45) is 6.42. The Labute approximate surface area is 321 Å². The van der Waals surface area contributed by atoms with E-state index in [1.54, 1.807) is 70.7 Å². The Balaban J connectivity index is 0.000000292. The van der Waals surface area contributed by atoms with Gasteiger partial charge in [-0.3, -0.25) is 0 Å². The second-order valence-electron chi connectivity index (χ2n) is 13.2. The van der Waals surface area contributed by atoms with Crippen molar-refractivity contribution in [3.63, 3.8) is 0 Å². The second-order valence-corrected chi connectivity index (χ2v) is 15.1. The average molecular weight is 873 g/mol. The molecule has 3 aliphatic rings. The SMILES string of the molecule is O=S1(=O)c2ccccc2[N-]c2ccccc21.[2H]C([2H])([2H])N1C=CN(c2[c-]c(N3C=CN(C([2H])([2H])[2H])[CH-]3)cc(-c3c(C(C)C)cc(C(C)C)cc3C(C)C)c2)[CH-]1.[Pt+4]. The molecule has 0 saturated heterocycles. The van der Waals surface area contributed by atoms with Crippen LogP contribution in [0.1, 0.15) is 84.2 Å². The molecule has 0 fully saturated rings. The molecule has 0 amide bonds. The molecular formula is C41H45N5O2PtS. The third kappa shape index (κ3) is 7.52. The quantitative estimate of drug-likeness (QED) is 0.158. The molecule has 7 rings (SSSR count). The van der Waals surface area contributed by atoms with Crippen molar-refractivity contribution in [2.24, 2.45) is 0 Å². The van der Waals surface area contributed by atoms with Gasteiger partial charge in [0.05, 0.1) is 9.79 Å². The number of rotatable bonds is 6. The first-order valence-corrected chi connectivity index (χ1v) is 17.8. The maximum absolute atomic E-state index is 12.2. The van der Waals surface area contributed by atoms with E-state index in [-0.39, 0.29) is 42.7 Å². The van der Waals surface area contributed by atoms with Crippen molar-refractivity contribution in [2.45, 2.75) is 69.1 Å². The van der Waals surface area contributed by atoms with E-state index in [0.717, 1.165) is 11.1 Å². The zero-order valence-electron chi connectivity index (χ0n) is 34.9. The van der Waals surface area contributed by atoms with E-state index >= 15 is 0 Å². The fraction of sp³-hybridized carbons (Fsp3) is 0.268. The minimum absolute atomic E-state index is 0. The first-order valence-electron chi connectivity index (χ1n) is 19.4. The molecule has 3 heterocycles. The molecule has 0 radical (unpaired) electrons. The summed E-state index contributed by atoms with van der Waals surface area (Å²) in [5.74, 6) is 0.913. The number of nitrogens with zero attached hydrogens (tertiary/aromatic N) is 5. The van der Waals surface area contributed by atoms with Crippen LogP contribution in [0.3, 0.4) is 0 Å². The second kappa shape index (κ2) is 15.1. The number of para-hydroxylation sites is 2. The molecule has 3 aliphatic heterocycles. The predicted octanol–water partition coefficient (Wildman–Crippen LogP) is 10.4. The molecule has 50 heavy (non-hydrogen) atoms. The first-order chi connectivity index (χ1) is 25.8. The smallest absolute Gasteiger partial charge is 0.656 e. The molecule has 0 spiro atoms. The van der Waals surface area contributed by atoms with E-state index in [2.05, 4.69) is 65.1 Å². The third-order valence-corrected chi connectivity index (χ3v) is 10.5. The standard InChI is InChI=1S/C29H37N4.C12H8NO2S.Pt/c1-20(2)23-15-27(21(3)4)29(28(16-23)22(5)6)24-13-25(32-11-9-30(7)18-32)17-26(14-24)33-12-10-31(8)19-33;14-16(15)11-7-3-1-5-9(11)13-10-6-2-4-8-12(10)16;/h9-16,18-22H,1-8H3;1-8H;/q-3;-1;+4/i7D3,8D3;;. The van der Waals surface area contributed by atoms with Crippen molar-refractivity contribution in [1.82, 2.24) is 9.80 Å². The van der Waals surface area contributed by atoms with Gasteiger partial charge in [0.1, 0.15) is 0 Å². The minimum Gasteiger partial charge on any atom is -0.656 e. The molecule has 0 N–H and O–H groups in total. The van der Waals surface area contributed by atoms with Crippen molar-refractivity contribution < 1.29 is 37.7 Å². The molecule has 0 saturated carbocycles. The van der Waals surface area contributed by atoms with Crippen molar-refractivity contribution in [3.8, 4) is 11.1 Å². The summed E-state index contributed by atoms with van der Waals surface area (Å²) >= 11 is 0. The van der Waals surface area contributed by atoms with E-state index in [9.17, 15) is 8.42 Å². The van der Waals surface area contributed by atoms with Crippen LogP contribution in [0, 0.1) is 19.4 Å². The fourth-order valence-corrected chi connectivity index (χ4v) is 7.58. The van der Waals surface area contributed by atoms with Crippen LogP contribution >= 0.6 is 0 Å². The summed E-state index contributed by atoms with van der Waals surface area (Å²) in [5, 5.41) is 4.33. The molecule has 4 aromatic rings. The van der Waals surface area contributed by atoms with Crippen molar-refractivity contribution in [3.05, 3.63) is 139 Å². The first kappa shape index (κ1) is 29.7. The Morgan fingerprint density at radius 1 is 0.680 bits per heavy atom. The Kier molecular flexibility index (Phi) is 8.96. The van der Waals surface area contributed by atoms with Crippen LogP contribution in [0.15, 0.2) is 107 Å². The van der Waals surface area contributed by atoms with Gasteiger partial charge in [-0.05, 0) is 90.9 Å². The van der Waals surface area contributed by atoms with Crippen molar-refractivity contribution >= 4 is 32.6 Å². The van der Waals surface area contributed by atoms with Gasteiger partial charge in [-0.15, -0.1) is 46.5 Å². The van der Waals surface area contributed by atoms with E-state index in [4.69, 9.17) is 8.22 Å². The summed E-state index contributed by atoms with van der Waals surface area (Å²) in [7, 11) is -3.40. The van der Waals surface area contributed by atoms with Gasteiger partial charge in [-0.2, -0.15) is 13.3 Å². The van der Waals surface area contributed by atoms with Gasteiger partial charge in [0.15, 0.2) is 0 Å². The Hall–Kier alpha value is -4.00. The molecule has 7 nitrogen and oxygen atoms in total. The van der Waals surface area contributed by atoms with Crippen molar-refractivity contribution in [2.75, 3.05) is 23.8 Å². The largest absolute Gasteiger partial charge is 4.00 e. The van der Waals surface area contributed by atoms with Crippen LogP contribution in [-0.4, -0.2) is 32.2 Å². The normalized spacial score (nSPS) is 17.9. The zero-order valence-corrected chi connectivity index (χ0v) is 32.0. The molecule has 0 bridgehead atoms. The van der Waals surface area contributed by atoms with E-state index in [1.807, 2.05) is 12.1 Å². The van der Waals surface area contributed by atoms with E-state index < -0.39 is 23.8 Å². The van der Waals surface area contributed by atoms with Crippen LogP contribution in [0.2, 0.25) is 0 Å². The fourth-order valence-electron chi connectivity index (χ4n) is 6.05. The van der Waals surface area contributed by atoms with Crippen LogP contribution in [0.4, 0.5) is 22.7 Å². The van der Waals surface area contributed by atoms with Crippen LogP contribution in [0.25, 0.3) is 16.4 Å². The number of anilines is 2. The summed E-state index contributed by atoms with van der Waals surface area (Å²) in [6, 6.07) is 25.6. The molecule has 0 atom stereocenters. The molecular weight excluding hydrogens is 822 g/mol. The van der Waals surface area contributed by atoms with Crippen LogP contribution < -0.4 is 9.80 Å². The van der Waals surface area contributed by atoms with Gasteiger partial charge in [0, 0.05) is 8.22 Å². The number of sulfone groups is 1. The Morgan fingerprint density at radius 3 is 1.54 bits per heavy atom. The van der Waals surface area contributed by atoms with E-state index in [1.165, 1.54) is 52.2 Å². The van der Waals surface area contributed by atoms with Crippen molar-refractivity contribution in [1.29, 1.82) is 0 Å². The Morgan fingerprint density at radius 2 is 1.14 bits per heavy atom. The zero-order chi connectivity index (χ0) is 40.0. The number of hydrogen-bond donors (Lipinski definition) is 0. The Bertz CT molecular complexity index is 2100. The molecule has 0 aliphatic carbocycles. The molecule has 9 heteroatoms. The third-order valence-electron chi connectivity index (χ3n) is 8.64. The maximum atomic E-state index is 12.2. The monoisotopic (exact) mass is 872 g/mol.